The van der Waals surface area contributed by atoms with Gasteiger partial charge < -0.3 is 10.1 Å². The zero-order valence-electron chi connectivity index (χ0n) is 16.1. The Morgan fingerprint density at radius 1 is 1.07 bits per heavy atom. The van der Waals surface area contributed by atoms with Crippen molar-refractivity contribution in [2.24, 2.45) is 5.92 Å². The lowest BCUT2D eigenvalue weighted by atomic mass is 9.65. The van der Waals surface area contributed by atoms with Gasteiger partial charge in [0.15, 0.2) is 5.78 Å². The lowest BCUT2D eigenvalue weighted by Gasteiger charge is -2.60. The van der Waals surface area contributed by atoms with Crippen molar-refractivity contribution in [1.29, 1.82) is 0 Å². The van der Waals surface area contributed by atoms with Crippen molar-refractivity contribution in [1.82, 2.24) is 10.2 Å². The maximum absolute atomic E-state index is 12.8. The number of rotatable bonds is 8. The second kappa shape index (κ2) is 8.15. The molecule has 1 aliphatic carbocycles. The molecule has 4 rings (SSSR count). The van der Waals surface area contributed by atoms with Crippen LogP contribution in [0.15, 0.2) is 54.6 Å². The van der Waals surface area contributed by atoms with E-state index in [2.05, 4.69) is 10.2 Å². The van der Waals surface area contributed by atoms with Gasteiger partial charge in [-0.15, -0.1) is 0 Å². The predicted octanol–water partition coefficient (Wildman–Crippen LogP) is 3.05. The predicted molar refractivity (Wildman–Crippen MR) is 107 cm³/mol. The first-order valence-electron chi connectivity index (χ1n) is 9.94. The highest BCUT2D eigenvalue weighted by atomic mass is 16.5. The standard InChI is InChI=1S/C23H26N2O3/c1-16(26)18-9-7-17(8-10-18)15-24-23(27)22-20-11-12-21(20)25(22)13-14-28-19-5-3-2-4-6-19/h2-10,20-22H,11-15H2,1H3,(H,24,27)/t20?,21-,22+/m0/s1. The Labute approximate surface area is 165 Å². The number of nitrogens with one attached hydrogen (secondary N) is 1. The van der Waals surface area contributed by atoms with Crippen LogP contribution >= 0.6 is 0 Å². The molecule has 5 heteroatoms. The third-order valence-electron chi connectivity index (χ3n) is 5.94. The monoisotopic (exact) mass is 378 g/mol. The van der Waals surface area contributed by atoms with Crippen LogP contribution in [0.5, 0.6) is 5.75 Å². The van der Waals surface area contributed by atoms with Crippen LogP contribution in [0, 0.1) is 5.92 Å². The van der Waals surface area contributed by atoms with Crippen molar-refractivity contribution < 1.29 is 14.3 Å². The molecular formula is C23H26N2O3. The number of carbonyl (C=O) groups is 2. The molecule has 1 saturated carbocycles. The van der Waals surface area contributed by atoms with Gasteiger partial charge in [0.25, 0.3) is 0 Å². The molecule has 3 atom stereocenters. The van der Waals surface area contributed by atoms with Crippen LogP contribution in [0.3, 0.4) is 0 Å². The lowest BCUT2D eigenvalue weighted by molar-refractivity contribution is -0.160. The second-order valence-electron chi connectivity index (χ2n) is 7.62. The number of benzene rings is 2. The van der Waals surface area contributed by atoms with Gasteiger partial charge in [-0.25, -0.2) is 0 Å². The van der Waals surface area contributed by atoms with Crippen molar-refractivity contribution in [2.75, 3.05) is 13.2 Å². The number of ketones is 1. The molecule has 1 amide bonds. The van der Waals surface area contributed by atoms with Crippen LogP contribution in [0.25, 0.3) is 0 Å². The number of para-hydroxylation sites is 1. The number of hydrogen-bond acceptors (Lipinski definition) is 4. The Kier molecular flexibility index (Phi) is 5.44. The summed E-state index contributed by atoms with van der Waals surface area (Å²) in [6.45, 7) is 3.39. The Hall–Kier alpha value is -2.66. The first-order chi connectivity index (χ1) is 13.6. The molecular weight excluding hydrogens is 352 g/mol. The number of ether oxygens (including phenoxy) is 1. The highest BCUT2D eigenvalue weighted by Crippen LogP contribution is 2.46. The number of hydrogen-bond donors (Lipinski definition) is 1. The number of Topliss-reactive ketones (excluding diaryl/α,β-unsaturated/α-hetero) is 1. The minimum Gasteiger partial charge on any atom is -0.492 e. The highest BCUT2D eigenvalue weighted by Gasteiger charge is 2.56. The van der Waals surface area contributed by atoms with E-state index >= 15 is 0 Å². The fourth-order valence-corrected chi connectivity index (χ4v) is 4.23. The van der Waals surface area contributed by atoms with Crippen LogP contribution in [0.1, 0.15) is 35.7 Å². The zero-order valence-corrected chi connectivity index (χ0v) is 16.1. The fraction of sp³-hybridized carbons (Fsp3) is 0.391. The molecule has 1 aliphatic heterocycles. The van der Waals surface area contributed by atoms with E-state index in [1.165, 1.54) is 6.42 Å². The highest BCUT2D eigenvalue weighted by molar-refractivity contribution is 5.94. The average Bonchev–Trinajstić information content (AvgIpc) is 2.69. The summed E-state index contributed by atoms with van der Waals surface area (Å²) in [5.74, 6) is 1.49. The first-order valence-corrected chi connectivity index (χ1v) is 9.94. The molecule has 0 bridgehead atoms. The summed E-state index contributed by atoms with van der Waals surface area (Å²) in [4.78, 5) is 26.4. The van der Waals surface area contributed by atoms with Crippen LogP contribution in [-0.4, -0.2) is 41.8 Å². The fourth-order valence-electron chi connectivity index (χ4n) is 4.23. The van der Waals surface area contributed by atoms with E-state index in [0.717, 1.165) is 24.3 Å². The molecule has 0 aromatic heterocycles. The number of carbonyl (C=O) groups excluding carboxylic acids is 2. The molecule has 1 N–H and O–H groups in total. The molecule has 2 fully saturated rings. The summed E-state index contributed by atoms with van der Waals surface area (Å²) >= 11 is 0. The number of amides is 1. The first kappa shape index (κ1) is 18.7. The Balaban J connectivity index is 1.28. The summed E-state index contributed by atoms with van der Waals surface area (Å²) in [5, 5.41) is 3.07. The number of fused-ring (bicyclic) bond motifs is 1. The van der Waals surface area contributed by atoms with Crippen LogP contribution < -0.4 is 10.1 Å². The second-order valence-corrected chi connectivity index (χ2v) is 7.62. The molecule has 2 aliphatic rings. The van der Waals surface area contributed by atoms with Crippen molar-refractivity contribution in [3.8, 4) is 5.75 Å². The van der Waals surface area contributed by atoms with Gasteiger partial charge in [-0.05, 0) is 43.4 Å². The van der Waals surface area contributed by atoms with E-state index in [9.17, 15) is 9.59 Å². The Bertz CT molecular complexity index is 835. The maximum Gasteiger partial charge on any atom is 0.237 e. The minimum absolute atomic E-state index is 0.0467. The van der Waals surface area contributed by atoms with Gasteiger partial charge in [0.2, 0.25) is 5.91 Å². The smallest absolute Gasteiger partial charge is 0.237 e. The number of nitrogens with zero attached hydrogens (tertiary/aromatic N) is 1. The quantitative estimate of drug-likeness (QED) is 0.718. The Morgan fingerprint density at radius 2 is 1.82 bits per heavy atom. The van der Waals surface area contributed by atoms with Crippen molar-refractivity contribution >= 4 is 11.7 Å². The number of piperidine rings is 1. The molecule has 1 heterocycles. The summed E-state index contributed by atoms with van der Waals surface area (Å²) in [7, 11) is 0. The lowest BCUT2D eigenvalue weighted by Crippen LogP contribution is -2.73. The zero-order chi connectivity index (χ0) is 19.5. The summed E-state index contributed by atoms with van der Waals surface area (Å²) in [6.07, 6.45) is 2.30. The molecule has 5 nitrogen and oxygen atoms in total. The number of likely N-dealkylation sites (tertiary alicyclic amines) is 1. The molecule has 28 heavy (non-hydrogen) atoms. The van der Waals surface area contributed by atoms with E-state index in [0.29, 0.717) is 30.7 Å². The van der Waals surface area contributed by atoms with E-state index < -0.39 is 0 Å². The van der Waals surface area contributed by atoms with Crippen LogP contribution in [-0.2, 0) is 11.3 Å². The van der Waals surface area contributed by atoms with E-state index in [1.807, 2.05) is 54.6 Å². The summed E-state index contributed by atoms with van der Waals surface area (Å²) < 4.78 is 5.81. The molecule has 0 spiro atoms. The largest absolute Gasteiger partial charge is 0.492 e. The third kappa shape index (κ3) is 3.80. The molecule has 146 valence electrons. The van der Waals surface area contributed by atoms with Crippen molar-refractivity contribution in [3.63, 3.8) is 0 Å². The van der Waals surface area contributed by atoms with Gasteiger partial charge in [0, 0.05) is 24.7 Å². The van der Waals surface area contributed by atoms with E-state index in [1.54, 1.807) is 6.92 Å². The van der Waals surface area contributed by atoms with Gasteiger partial charge >= 0.3 is 0 Å². The van der Waals surface area contributed by atoms with Gasteiger partial charge in [-0.2, -0.15) is 0 Å². The van der Waals surface area contributed by atoms with Gasteiger partial charge in [0.05, 0.1) is 6.04 Å². The van der Waals surface area contributed by atoms with Crippen molar-refractivity contribution in [2.45, 2.75) is 38.4 Å². The topological polar surface area (TPSA) is 58.6 Å². The molecule has 1 saturated heterocycles. The van der Waals surface area contributed by atoms with E-state index in [4.69, 9.17) is 4.74 Å². The Morgan fingerprint density at radius 3 is 2.46 bits per heavy atom. The van der Waals surface area contributed by atoms with Gasteiger partial charge in [-0.1, -0.05) is 42.5 Å². The van der Waals surface area contributed by atoms with Gasteiger partial charge in [-0.3, -0.25) is 14.5 Å². The molecule has 1 unspecified atom stereocenters. The van der Waals surface area contributed by atoms with E-state index in [-0.39, 0.29) is 17.7 Å². The molecule has 0 radical (unpaired) electrons. The van der Waals surface area contributed by atoms with Gasteiger partial charge in [0.1, 0.15) is 12.4 Å². The summed E-state index contributed by atoms with van der Waals surface area (Å²) in [5.41, 5.74) is 1.69. The normalized spacial score (nSPS) is 23.1. The van der Waals surface area contributed by atoms with Crippen LogP contribution in [0.2, 0.25) is 0 Å². The average molecular weight is 378 g/mol. The molecule has 2 aromatic carbocycles. The van der Waals surface area contributed by atoms with Crippen LogP contribution in [0.4, 0.5) is 0 Å². The minimum atomic E-state index is -0.0467. The molecule has 2 aromatic rings. The third-order valence-corrected chi connectivity index (χ3v) is 5.94. The SMILES string of the molecule is CC(=O)c1ccc(CNC(=O)[C@H]2C3CC[C@@H]3N2CCOc2ccccc2)cc1. The maximum atomic E-state index is 12.8. The van der Waals surface area contributed by atoms with Crippen molar-refractivity contribution in [3.05, 3.63) is 65.7 Å². The summed E-state index contributed by atoms with van der Waals surface area (Å²) in [6, 6.07) is 17.7.